The number of aromatic hydroxyl groups is 1. The third-order valence-corrected chi connectivity index (χ3v) is 6.86. The SMILES string of the molecule is CCc1cc(O)c(F)cc1-c1ccc2c(-c3nc4c([nH]3)CN(C(=O)N3CCNCC3)C4)n[nH]c2c1. The van der Waals surface area contributed by atoms with Gasteiger partial charge in [-0.15, -0.1) is 0 Å². The van der Waals surface area contributed by atoms with Gasteiger partial charge in [0.05, 0.1) is 30.0 Å². The smallest absolute Gasteiger partial charge is 0.320 e. The number of nitrogens with zero attached hydrogens (tertiary/aromatic N) is 4. The quantitative estimate of drug-likeness (QED) is 0.363. The summed E-state index contributed by atoms with van der Waals surface area (Å²) in [6, 6.07) is 8.71. The predicted molar refractivity (Wildman–Crippen MR) is 129 cm³/mol. The molecule has 2 aliphatic heterocycles. The Morgan fingerprint density at radius 3 is 2.74 bits per heavy atom. The van der Waals surface area contributed by atoms with Crippen LogP contribution in [0.15, 0.2) is 30.3 Å². The Balaban J connectivity index is 1.26. The van der Waals surface area contributed by atoms with Gasteiger partial charge >= 0.3 is 6.03 Å². The number of amides is 2. The fourth-order valence-corrected chi connectivity index (χ4v) is 4.97. The summed E-state index contributed by atoms with van der Waals surface area (Å²) in [5.41, 5.74) is 5.75. The van der Waals surface area contributed by atoms with E-state index in [1.165, 1.54) is 12.1 Å². The van der Waals surface area contributed by atoms with Crippen molar-refractivity contribution in [2.45, 2.75) is 26.4 Å². The number of imidazole rings is 1. The summed E-state index contributed by atoms with van der Waals surface area (Å²) in [7, 11) is 0. The van der Waals surface area contributed by atoms with Crippen LogP contribution in [0, 0.1) is 5.82 Å². The van der Waals surface area contributed by atoms with Crippen LogP contribution >= 0.6 is 0 Å². The van der Waals surface area contributed by atoms with Gasteiger partial charge in [-0.1, -0.05) is 13.0 Å². The van der Waals surface area contributed by atoms with Gasteiger partial charge in [0.25, 0.3) is 0 Å². The van der Waals surface area contributed by atoms with Crippen LogP contribution in [-0.2, 0) is 19.5 Å². The molecule has 0 bridgehead atoms. The highest BCUT2D eigenvalue weighted by molar-refractivity contribution is 5.94. The van der Waals surface area contributed by atoms with Crippen LogP contribution < -0.4 is 5.32 Å². The van der Waals surface area contributed by atoms with Crippen molar-refractivity contribution >= 4 is 16.9 Å². The third-order valence-electron chi connectivity index (χ3n) is 6.86. The lowest BCUT2D eigenvalue weighted by atomic mass is 9.96. The molecule has 0 saturated carbocycles. The average Bonchev–Trinajstić information content (AvgIpc) is 3.58. The average molecular weight is 476 g/mol. The maximum Gasteiger partial charge on any atom is 0.320 e. The van der Waals surface area contributed by atoms with Crippen LogP contribution in [0.3, 0.4) is 0 Å². The molecule has 0 radical (unpaired) electrons. The van der Waals surface area contributed by atoms with E-state index < -0.39 is 5.82 Å². The Kier molecular flexibility index (Phi) is 5.18. The number of hydrogen-bond donors (Lipinski definition) is 4. The molecule has 2 amide bonds. The zero-order valence-electron chi connectivity index (χ0n) is 19.4. The number of aryl methyl sites for hydroxylation is 1. The normalized spacial score (nSPS) is 15.7. The number of H-pyrrole nitrogens is 2. The van der Waals surface area contributed by atoms with Gasteiger partial charge < -0.3 is 25.2 Å². The molecular weight excluding hydrogens is 449 g/mol. The molecule has 0 unspecified atom stereocenters. The fourth-order valence-electron chi connectivity index (χ4n) is 4.97. The van der Waals surface area contributed by atoms with E-state index in [1.807, 2.05) is 34.9 Å². The molecule has 4 N–H and O–H groups in total. The molecule has 6 rings (SSSR count). The lowest BCUT2D eigenvalue weighted by molar-refractivity contribution is 0.146. The van der Waals surface area contributed by atoms with Gasteiger partial charge in [0, 0.05) is 31.6 Å². The second-order valence-electron chi connectivity index (χ2n) is 9.03. The van der Waals surface area contributed by atoms with Gasteiger partial charge in [-0.3, -0.25) is 5.10 Å². The minimum atomic E-state index is -0.642. The number of aromatic amines is 2. The number of carbonyl (C=O) groups is 1. The Hall–Kier alpha value is -3.92. The highest BCUT2D eigenvalue weighted by Crippen LogP contribution is 2.34. The second kappa shape index (κ2) is 8.38. The Labute approximate surface area is 201 Å². The van der Waals surface area contributed by atoms with E-state index in [9.17, 15) is 14.3 Å². The van der Waals surface area contributed by atoms with Crippen molar-refractivity contribution < 1.29 is 14.3 Å². The number of phenolic OH excluding ortho intramolecular Hbond substituents is 1. The van der Waals surface area contributed by atoms with Crippen molar-refractivity contribution in [3.8, 4) is 28.4 Å². The van der Waals surface area contributed by atoms with Crippen LogP contribution in [0.5, 0.6) is 5.75 Å². The summed E-state index contributed by atoms with van der Waals surface area (Å²) in [6.45, 7) is 6.04. The van der Waals surface area contributed by atoms with Crippen LogP contribution in [0.2, 0.25) is 0 Å². The first-order valence-electron chi connectivity index (χ1n) is 11.8. The number of carbonyl (C=O) groups excluding carboxylic acids is 1. The Morgan fingerprint density at radius 2 is 1.97 bits per heavy atom. The summed E-state index contributed by atoms with van der Waals surface area (Å²) >= 11 is 0. The number of nitrogens with one attached hydrogen (secondary N) is 3. The van der Waals surface area contributed by atoms with Gasteiger partial charge in [0.1, 0.15) is 5.69 Å². The number of phenols is 1. The topological polar surface area (TPSA) is 113 Å². The molecule has 1 saturated heterocycles. The van der Waals surface area contributed by atoms with Gasteiger partial charge in [-0.05, 0) is 47.4 Å². The standard InChI is InChI=1S/C25H26FN7O2/c1-2-14-10-22(34)18(26)11-17(14)15-3-4-16-19(9-15)30-31-23(16)24-28-20-12-33(13-21(20)29-24)25(35)32-7-5-27-6-8-32/h3-4,9-11,27,34H,2,5-8,12-13H2,1H3,(H,28,29)(H,30,31). The van der Waals surface area contributed by atoms with Crippen LogP contribution in [0.25, 0.3) is 33.5 Å². The van der Waals surface area contributed by atoms with Crippen molar-refractivity contribution in [2.24, 2.45) is 0 Å². The molecule has 35 heavy (non-hydrogen) atoms. The summed E-state index contributed by atoms with van der Waals surface area (Å²) in [4.78, 5) is 24.6. The highest BCUT2D eigenvalue weighted by atomic mass is 19.1. The summed E-state index contributed by atoms with van der Waals surface area (Å²) in [5, 5.41) is 21.5. The number of aromatic nitrogens is 4. The van der Waals surface area contributed by atoms with E-state index in [0.717, 1.165) is 65.2 Å². The number of rotatable bonds is 3. The maximum atomic E-state index is 14.1. The summed E-state index contributed by atoms with van der Waals surface area (Å²) in [6.07, 6.45) is 0.668. The van der Waals surface area contributed by atoms with Gasteiger partial charge in [-0.2, -0.15) is 5.10 Å². The Bertz CT molecular complexity index is 1410. The molecule has 0 spiro atoms. The van der Waals surface area contributed by atoms with Gasteiger partial charge in [0.15, 0.2) is 17.4 Å². The molecular formula is C25H26FN7O2. The number of hydrogen-bond acceptors (Lipinski definition) is 5. The maximum absolute atomic E-state index is 14.1. The zero-order valence-corrected chi connectivity index (χ0v) is 19.4. The molecule has 2 aromatic carbocycles. The fraction of sp³-hybridized carbons (Fsp3) is 0.320. The van der Waals surface area contributed by atoms with E-state index >= 15 is 0 Å². The molecule has 180 valence electrons. The molecule has 4 aromatic rings. The van der Waals surface area contributed by atoms with E-state index in [1.54, 1.807) is 0 Å². The van der Waals surface area contributed by atoms with Gasteiger partial charge in [0.2, 0.25) is 0 Å². The van der Waals surface area contributed by atoms with E-state index in [-0.39, 0.29) is 11.8 Å². The van der Waals surface area contributed by atoms with E-state index in [4.69, 9.17) is 4.98 Å². The third kappa shape index (κ3) is 3.70. The first-order valence-corrected chi connectivity index (χ1v) is 11.8. The van der Waals surface area contributed by atoms with Crippen molar-refractivity contribution in [2.75, 3.05) is 26.2 Å². The minimum absolute atomic E-state index is 0.0503. The summed E-state index contributed by atoms with van der Waals surface area (Å²) < 4.78 is 14.1. The summed E-state index contributed by atoms with van der Waals surface area (Å²) in [5.74, 6) is -0.319. The molecule has 9 nitrogen and oxygen atoms in total. The number of benzene rings is 2. The zero-order chi connectivity index (χ0) is 24.1. The monoisotopic (exact) mass is 475 g/mol. The number of piperazine rings is 1. The van der Waals surface area contributed by atoms with E-state index in [0.29, 0.717) is 31.0 Å². The number of halogens is 1. The minimum Gasteiger partial charge on any atom is -0.505 e. The van der Waals surface area contributed by atoms with Gasteiger partial charge in [-0.25, -0.2) is 14.2 Å². The largest absolute Gasteiger partial charge is 0.505 e. The van der Waals surface area contributed by atoms with Crippen LogP contribution in [0.4, 0.5) is 9.18 Å². The first-order chi connectivity index (χ1) is 17.0. The Morgan fingerprint density at radius 1 is 1.14 bits per heavy atom. The predicted octanol–water partition coefficient (Wildman–Crippen LogP) is 3.37. The van der Waals surface area contributed by atoms with Crippen molar-refractivity contribution in [3.63, 3.8) is 0 Å². The number of fused-ring (bicyclic) bond motifs is 2. The van der Waals surface area contributed by atoms with Crippen molar-refractivity contribution in [1.29, 1.82) is 0 Å². The lowest BCUT2D eigenvalue weighted by Crippen LogP contribution is -2.50. The van der Waals surface area contributed by atoms with Crippen molar-refractivity contribution in [3.05, 3.63) is 53.1 Å². The second-order valence-corrected chi connectivity index (χ2v) is 9.03. The molecule has 1 fully saturated rings. The first kappa shape index (κ1) is 21.6. The lowest BCUT2D eigenvalue weighted by Gasteiger charge is -2.31. The number of urea groups is 1. The molecule has 2 aromatic heterocycles. The molecule has 2 aliphatic rings. The highest BCUT2D eigenvalue weighted by Gasteiger charge is 2.31. The van der Waals surface area contributed by atoms with Crippen LogP contribution in [0.1, 0.15) is 23.9 Å². The molecule has 0 aliphatic carbocycles. The molecule has 10 heteroatoms. The van der Waals surface area contributed by atoms with E-state index in [2.05, 4.69) is 20.5 Å². The van der Waals surface area contributed by atoms with Crippen molar-refractivity contribution in [1.82, 2.24) is 35.3 Å². The van der Waals surface area contributed by atoms with Crippen LogP contribution in [-0.4, -0.2) is 67.3 Å². The molecule has 4 heterocycles. The molecule has 0 atom stereocenters.